The Labute approximate surface area is 132 Å². The molecule has 112 valence electrons. The molecule has 22 heavy (non-hydrogen) atoms. The molecule has 0 fully saturated rings. The van der Waals surface area contributed by atoms with Crippen LogP contribution in [0.1, 0.15) is 22.8 Å². The molecule has 1 atom stereocenters. The second-order valence-corrected chi connectivity index (χ2v) is 5.39. The Hall–Kier alpha value is -2.33. The fourth-order valence-corrected chi connectivity index (χ4v) is 2.44. The van der Waals surface area contributed by atoms with Gasteiger partial charge in [-0.15, -0.1) is 0 Å². The Balaban J connectivity index is 1.94. The molecule has 1 aliphatic heterocycles. The fourth-order valence-electron chi connectivity index (χ4n) is 2.29. The van der Waals surface area contributed by atoms with Crippen molar-refractivity contribution in [3.8, 4) is 5.75 Å². The summed E-state index contributed by atoms with van der Waals surface area (Å²) in [6, 6.07) is 11.5. The van der Waals surface area contributed by atoms with Gasteiger partial charge in [-0.3, -0.25) is 4.79 Å². The second kappa shape index (κ2) is 5.81. The van der Waals surface area contributed by atoms with Gasteiger partial charge in [0.25, 0.3) is 5.91 Å². The predicted molar refractivity (Wildman–Crippen MR) is 83.4 cm³/mol. The number of ether oxygens (including phenoxy) is 1. The van der Waals surface area contributed by atoms with Gasteiger partial charge in [0.15, 0.2) is 0 Å². The van der Waals surface area contributed by atoms with E-state index in [1.807, 2.05) is 13.0 Å². The number of halogens is 2. The van der Waals surface area contributed by atoms with Crippen molar-refractivity contribution in [3.05, 3.63) is 70.5 Å². The van der Waals surface area contributed by atoms with E-state index >= 15 is 0 Å². The molecular formula is C17H13ClFNO2. The van der Waals surface area contributed by atoms with Gasteiger partial charge in [0.2, 0.25) is 0 Å². The van der Waals surface area contributed by atoms with Crippen molar-refractivity contribution in [2.24, 2.45) is 0 Å². The number of carbonyl (C=O) groups excluding carboxylic acids is 1. The van der Waals surface area contributed by atoms with Crippen LogP contribution in [0.5, 0.6) is 5.75 Å². The monoisotopic (exact) mass is 317 g/mol. The zero-order valence-electron chi connectivity index (χ0n) is 11.8. The van der Waals surface area contributed by atoms with Crippen LogP contribution in [0.3, 0.4) is 0 Å². The first-order valence-electron chi connectivity index (χ1n) is 6.79. The Morgan fingerprint density at radius 2 is 2.00 bits per heavy atom. The van der Waals surface area contributed by atoms with Crippen LogP contribution in [0, 0.1) is 5.82 Å². The Kier molecular flexibility index (Phi) is 3.86. The van der Waals surface area contributed by atoms with Crippen LogP contribution in [0.4, 0.5) is 4.39 Å². The summed E-state index contributed by atoms with van der Waals surface area (Å²) in [5, 5.41) is 2.79. The van der Waals surface area contributed by atoms with Crippen molar-refractivity contribution in [1.82, 2.24) is 5.32 Å². The van der Waals surface area contributed by atoms with E-state index in [0.29, 0.717) is 22.6 Å². The first-order chi connectivity index (χ1) is 10.5. The molecular weight excluding hydrogens is 305 g/mol. The zero-order valence-corrected chi connectivity index (χ0v) is 12.5. The van der Waals surface area contributed by atoms with Gasteiger partial charge in [-0.05, 0) is 31.2 Å². The Morgan fingerprint density at radius 3 is 2.73 bits per heavy atom. The largest absolute Gasteiger partial charge is 0.486 e. The lowest BCUT2D eigenvalue weighted by atomic mass is 10.1. The summed E-state index contributed by atoms with van der Waals surface area (Å²) >= 11 is 5.78. The number of fused-ring (bicyclic) bond motifs is 1. The maximum atomic E-state index is 13.7. The van der Waals surface area contributed by atoms with Crippen LogP contribution >= 0.6 is 11.6 Å². The van der Waals surface area contributed by atoms with E-state index in [1.54, 1.807) is 30.3 Å². The molecule has 0 saturated heterocycles. The molecule has 0 aromatic heterocycles. The molecule has 0 radical (unpaired) electrons. The van der Waals surface area contributed by atoms with E-state index in [1.165, 1.54) is 12.1 Å². The lowest BCUT2D eigenvalue weighted by Gasteiger charge is -2.24. The van der Waals surface area contributed by atoms with Crippen molar-refractivity contribution < 1.29 is 13.9 Å². The van der Waals surface area contributed by atoms with Crippen LogP contribution < -0.4 is 10.1 Å². The average molecular weight is 318 g/mol. The molecule has 0 bridgehead atoms. The molecule has 1 amide bonds. The molecule has 0 spiro atoms. The van der Waals surface area contributed by atoms with Gasteiger partial charge in [0, 0.05) is 17.2 Å². The number of hydrogen-bond acceptors (Lipinski definition) is 2. The highest BCUT2D eigenvalue weighted by molar-refractivity contribution is 6.31. The molecule has 2 aromatic carbocycles. The van der Waals surface area contributed by atoms with E-state index in [4.69, 9.17) is 16.3 Å². The lowest BCUT2D eigenvalue weighted by molar-refractivity contribution is 0.0973. The standard InChI is InChI=1S/C17H13ClFNO2/c1-10-7-15(20-17(21)11-5-3-2-4-6-11)12-8-14(19)13(18)9-16(12)22-10/h2-10H,1H3,(H,20,21)/t10-/m1/s1. The maximum Gasteiger partial charge on any atom is 0.255 e. The SMILES string of the molecule is C[C@@H]1C=C(NC(=O)c2ccccc2)c2cc(F)c(Cl)cc2O1. The first kappa shape index (κ1) is 14.6. The predicted octanol–water partition coefficient (Wildman–Crippen LogP) is 4.03. The minimum absolute atomic E-state index is 0.0124. The normalized spacial score (nSPS) is 16.3. The van der Waals surface area contributed by atoms with Gasteiger partial charge in [-0.1, -0.05) is 29.8 Å². The lowest BCUT2D eigenvalue weighted by Crippen LogP contribution is -2.26. The second-order valence-electron chi connectivity index (χ2n) is 4.99. The molecule has 0 aliphatic carbocycles. The average Bonchev–Trinajstić information content (AvgIpc) is 2.50. The van der Waals surface area contributed by atoms with Crippen LogP contribution in [0.15, 0.2) is 48.5 Å². The third kappa shape index (κ3) is 2.83. The summed E-state index contributed by atoms with van der Waals surface area (Å²) < 4.78 is 19.3. The van der Waals surface area contributed by atoms with Crippen molar-refractivity contribution in [3.63, 3.8) is 0 Å². The van der Waals surface area contributed by atoms with Crippen molar-refractivity contribution in [1.29, 1.82) is 0 Å². The smallest absolute Gasteiger partial charge is 0.255 e. The summed E-state index contributed by atoms with van der Waals surface area (Å²) in [4.78, 5) is 12.3. The van der Waals surface area contributed by atoms with Gasteiger partial charge in [0.1, 0.15) is 17.7 Å². The summed E-state index contributed by atoms with van der Waals surface area (Å²) in [7, 11) is 0. The van der Waals surface area contributed by atoms with Crippen LogP contribution in [-0.2, 0) is 0 Å². The fraction of sp³-hybridized carbons (Fsp3) is 0.118. The highest BCUT2D eigenvalue weighted by Crippen LogP contribution is 2.34. The quantitative estimate of drug-likeness (QED) is 0.908. The molecule has 2 aromatic rings. The van der Waals surface area contributed by atoms with Gasteiger partial charge in [0.05, 0.1) is 10.7 Å². The summed E-state index contributed by atoms with van der Waals surface area (Å²) in [6.07, 6.45) is 1.48. The highest BCUT2D eigenvalue weighted by atomic mass is 35.5. The number of nitrogens with one attached hydrogen (secondary N) is 1. The van der Waals surface area contributed by atoms with Gasteiger partial charge < -0.3 is 10.1 Å². The molecule has 1 aliphatic rings. The highest BCUT2D eigenvalue weighted by Gasteiger charge is 2.22. The number of carbonyl (C=O) groups is 1. The topological polar surface area (TPSA) is 38.3 Å². The third-order valence-corrected chi connectivity index (χ3v) is 3.60. The Bertz CT molecular complexity index is 759. The van der Waals surface area contributed by atoms with Crippen LogP contribution in [-0.4, -0.2) is 12.0 Å². The van der Waals surface area contributed by atoms with E-state index < -0.39 is 5.82 Å². The third-order valence-electron chi connectivity index (χ3n) is 3.31. The molecule has 0 saturated carbocycles. The van der Waals surface area contributed by atoms with Crippen LogP contribution in [0.25, 0.3) is 5.70 Å². The van der Waals surface area contributed by atoms with E-state index in [0.717, 1.165) is 0 Å². The first-order valence-corrected chi connectivity index (χ1v) is 7.16. The number of amides is 1. The van der Waals surface area contributed by atoms with Crippen molar-refractivity contribution in [2.45, 2.75) is 13.0 Å². The zero-order chi connectivity index (χ0) is 15.7. The molecule has 3 nitrogen and oxygen atoms in total. The van der Waals surface area contributed by atoms with Gasteiger partial charge in [-0.25, -0.2) is 4.39 Å². The summed E-state index contributed by atoms with van der Waals surface area (Å²) in [6.45, 7) is 1.83. The molecule has 5 heteroatoms. The number of hydrogen-bond donors (Lipinski definition) is 1. The minimum atomic E-state index is -0.557. The van der Waals surface area contributed by atoms with Gasteiger partial charge in [-0.2, -0.15) is 0 Å². The Morgan fingerprint density at radius 1 is 1.27 bits per heavy atom. The van der Waals surface area contributed by atoms with Crippen molar-refractivity contribution in [2.75, 3.05) is 0 Å². The van der Waals surface area contributed by atoms with E-state index in [9.17, 15) is 9.18 Å². The summed E-state index contributed by atoms with van der Waals surface area (Å²) in [5.41, 5.74) is 1.51. The number of rotatable bonds is 2. The van der Waals surface area contributed by atoms with Crippen LogP contribution in [0.2, 0.25) is 5.02 Å². The molecule has 1 heterocycles. The minimum Gasteiger partial charge on any atom is -0.486 e. The molecule has 1 N–H and O–H groups in total. The summed E-state index contributed by atoms with van der Waals surface area (Å²) in [5.74, 6) is -0.370. The number of benzene rings is 2. The van der Waals surface area contributed by atoms with Crippen molar-refractivity contribution >= 4 is 23.2 Å². The molecule has 0 unspecified atom stereocenters. The van der Waals surface area contributed by atoms with Gasteiger partial charge >= 0.3 is 0 Å². The van der Waals surface area contributed by atoms with E-state index in [-0.39, 0.29) is 17.0 Å². The van der Waals surface area contributed by atoms with E-state index in [2.05, 4.69) is 5.32 Å². The maximum absolute atomic E-state index is 13.7. The molecule has 3 rings (SSSR count).